The first-order valence-corrected chi connectivity index (χ1v) is 8.41. The monoisotopic (exact) mass is 334 g/mol. The SMILES string of the molecule is CC(C)(C)OC(=O)COC1CCC(c2ccc(C(=O)O)cc2)CC1. The molecule has 132 valence electrons. The highest BCUT2D eigenvalue weighted by Gasteiger charge is 2.24. The lowest BCUT2D eigenvalue weighted by atomic mass is 9.82. The normalized spacial score (nSPS) is 21.3. The number of rotatable bonds is 5. The van der Waals surface area contributed by atoms with E-state index in [1.54, 1.807) is 12.1 Å². The molecule has 2 rings (SSSR count). The minimum Gasteiger partial charge on any atom is -0.478 e. The van der Waals surface area contributed by atoms with E-state index >= 15 is 0 Å². The maximum atomic E-state index is 11.7. The van der Waals surface area contributed by atoms with Crippen LogP contribution in [0.25, 0.3) is 0 Å². The van der Waals surface area contributed by atoms with E-state index in [0.29, 0.717) is 11.5 Å². The summed E-state index contributed by atoms with van der Waals surface area (Å²) >= 11 is 0. The van der Waals surface area contributed by atoms with Crippen molar-refractivity contribution in [3.8, 4) is 0 Å². The Labute approximate surface area is 143 Å². The van der Waals surface area contributed by atoms with Gasteiger partial charge in [-0.3, -0.25) is 0 Å². The predicted octanol–water partition coefficient (Wildman–Crippen LogP) is 3.77. The molecule has 0 heterocycles. The molecular weight excluding hydrogens is 308 g/mol. The predicted molar refractivity (Wildman–Crippen MR) is 90.2 cm³/mol. The van der Waals surface area contributed by atoms with Gasteiger partial charge in [-0.05, 0) is 70.1 Å². The number of esters is 1. The summed E-state index contributed by atoms with van der Waals surface area (Å²) in [4.78, 5) is 22.6. The van der Waals surface area contributed by atoms with Crippen LogP contribution in [0.4, 0.5) is 0 Å². The molecule has 1 aromatic rings. The van der Waals surface area contributed by atoms with Crippen molar-refractivity contribution in [2.45, 2.75) is 64.1 Å². The Morgan fingerprint density at radius 2 is 1.67 bits per heavy atom. The van der Waals surface area contributed by atoms with Crippen molar-refractivity contribution in [1.82, 2.24) is 0 Å². The quantitative estimate of drug-likeness (QED) is 0.830. The summed E-state index contributed by atoms with van der Waals surface area (Å²) < 4.78 is 10.9. The maximum absolute atomic E-state index is 11.7. The van der Waals surface area contributed by atoms with Crippen LogP contribution in [0.2, 0.25) is 0 Å². The van der Waals surface area contributed by atoms with Gasteiger partial charge in [-0.15, -0.1) is 0 Å². The van der Waals surface area contributed by atoms with Crippen molar-refractivity contribution in [3.63, 3.8) is 0 Å². The number of aromatic carboxylic acids is 1. The molecule has 0 aromatic heterocycles. The first kappa shape index (κ1) is 18.5. The second-order valence-electron chi connectivity index (χ2n) is 7.30. The molecule has 24 heavy (non-hydrogen) atoms. The molecule has 1 N–H and O–H groups in total. The Balaban J connectivity index is 1.77. The van der Waals surface area contributed by atoms with E-state index in [-0.39, 0.29) is 18.7 Å². The minimum atomic E-state index is -0.902. The molecule has 0 bridgehead atoms. The Kier molecular flexibility index (Phi) is 5.99. The summed E-state index contributed by atoms with van der Waals surface area (Å²) in [6.45, 7) is 5.52. The van der Waals surface area contributed by atoms with Crippen LogP contribution >= 0.6 is 0 Å². The molecule has 1 aliphatic carbocycles. The summed E-state index contributed by atoms with van der Waals surface area (Å²) in [6, 6.07) is 7.11. The van der Waals surface area contributed by atoms with Gasteiger partial charge in [-0.2, -0.15) is 0 Å². The van der Waals surface area contributed by atoms with Gasteiger partial charge in [0.1, 0.15) is 12.2 Å². The van der Waals surface area contributed by atoms with Crippen LogP contribution in [0.5, 0.6) is 0 Å². The molecule has 0 atom stereocenters. The first-order chi connectivity index (χ1) is 11.2. The zero-order chi connectivity index (χ0) is 17.7. The fraction of sp³-hybridized carbons (Fsp3) is 0.579. The lowest BCUT2D eigenvalue weighted by Gasteiger charge is -2.29. The Morgan fingerprint density at radius 3 is 2.17 bits per heavy atom. The molecule has 1 aliphatic rings. The van der Waals surface area contributed by atoms with Crippen molar-refractivity contribution < 1.29 is 24.2 Å². The van der Waals surface area contributed by atoms with Crippen LogP contribution < -0.4 is 0 Å². The molecule has 0 radical (unpaired) electrons. The third-order valence-corrected chi connectivity index (χ3v) is 4.16. The largest absolute Gasteiger partial charge is 0.478 e. The summed E-state index contributed by atoms with van der Waals surface area (Å²) in [5, 5.41) is 8.94. The van der Waals surface area contributed by atoms with Crippen molar-refractivity contribution in [1.29, 1.82) is 0 Å². The van der Waals surface area contributed by atoms with E-state index in [0.717, 1.165) is 25.7 Å². The Hall–Kier alpha value is -1.88. The first-order valence-electron chi connectivity index (χ1n) is 8.41. The lowest BCUT2D eigenvalue weighted by Crippen LogP contribution is -2.29. The topological polar surface area (TPSA) is 72.8 Å². The Morgan fingerprint density at radius 1 is 1.08 bits per heavy atom. The van der Waals surface area contributed by atoms with Gasteiger partial charge in [0.25, 0.3) is 0 Å². The molecule has 0 spiro atoms. The fourth-order valence-electron chi connectivity index (χ4n) is 3.02. The van der Waals surface area contributed by atoms with Gasteiger partial charge in [0.2, 0.25) is 0 Å². The second-order valence-corrected chi connectivity index (χ2v) is 7.30. The van der Waals surface area contributed by atoms with Crippen molar-refractivity contribution in [3.05, 3.63) is 35.4 Å². The average molecular weight is 334 g/mol. The molecule has 0 aliphatic heterocycles. The summed E-state index contributed by atoms with van der Waals surface area (Å²) in [7, 11) is 0. The van der Waals surface area contributed by atoms with Crippen LogP contribution in [-0.4, -0.2) is 35.4 Å². The van der Waals surface area contributed by atoms with E-state index in [9.17, 15) is 9.59 Å². The highest BCUT2D eigenvalue weighted by Crippen LogP contribution is 2.34. The minimum absolute atomic E-state index is 0.0000874. The third-order valence-electron chi connectivity index (χ3n) is 4.16. The number of carboxylic acids is 1. The molecule has 0 unspecified atom stereocenters. The zero-order valence-corrected chi connectivity index (χ0v) is 14.6. The molecule has 1 aromatic carbocycles. The van der Waals surface area contributed by atoms with E-state index in [1.807, 2.05) is 32.9 Å². The smallest absolute Gasteiger partial charge is 0.335 e. The average Bonchev–Trinajstić information content (AvgIpc) is 2.52. The molecule has 1 fully saturated rings. The van der Waals surface area contributed by atoms with Crippen molar-refractivity contribution in [2.75, 3.05) is 6.61 Å². The Bertz CT molecular complexity index is 562. The van der Waals surface area contributed by atoms with Gasteiger partial charge in [-0.25, -0.2) is 9.59 Å². The summed E-state index contributed by atoms with van der Waals surface area (Å²) in [5.41, 5.74) is 0.999. The van der Waals surface area contributed by atoms with Gasteiger partial charge >= 0.3 is 11.9 Å². The number of carbonyl (C=O) groups is 2. The second kappa shape index (κ2) is 7.79. The van der Waals surface area contributed by atoms with Crippen LogP contribution in [0.15, 0.2) is 24.3 Å². The molecule has 1 saturated carbocycles. The van der Waals surface area contributed by atoms with Crippen LogP contribution in [0, 0.1) is 0 Å². The molecule has 5 heteroatoms. The zero-order valence-electron chi connectivity index (χ0n) is 14.6. The standard InChI is InChI=1S/C19H26O5/c1-19(2,3)24-17(20)12-23-16-10-8-14(9-11-16)13-4-6-15(7-5-13)18(21)22/h4-7,14,16H,8-12H2,1-3H3,(H,21,22). The number of hydrogen-bond donors (Lipinski definition) is 1. The molecule has 0 saturated heterocycles. The molecular formula is C19H26O5. The van der Waals surface area contributed by atoms with Gasteiger partial charge in [0.15, 0.2) is 0 Å². The van der Waals surface area contributed by atoms with Crippen LogP contribution in [0.3, 0.4) is 0 Å². The fourth-order valence-corrected chi connectivity index (χ4v) is 3.02. The van der Waals surface area contributed by atoms with E-state index < -0.39 is 11.6 Å². The molecule has 5 nitrogen and oxygen atoms in total. The highest BCUT2D eigenvalue weighted by atomic mass is 16.6. The third kappa shape index (κ3) is 5.64. The number of carboxylic acid groups (broad SMARTS) is 1. The number of ether oxygens (including phenoxy) is 2. The lowest BCUT2D eigenvalue weighted by molar-refractivity contribution is -0.162. The number of benzene rings is 1. The number of hydrogen-bond acceptors (Lipinski definition) is 4. The molecule has 0 amide bonds. The number of carbonyl (C=O) groups excluding carboxylic acids is 1. The summed E-state index contributed by atoms with van der Waals surface area (Å²) in [5.74, 6) is -0.802. The van der Waals surface area contributed by atoms with Crippen LogP contribution in [-0.2, 0) is 14.3 Å². The van der Waals surface area contributed by atoms with Gasteiger partial charge in [0.05, 0.1) is 11.7 Å². The van der Waals surface area contributed by atoms with Crippen molar-refractivity contribution in [2.24, 2.45) is 0 Å². The van der Waals surface area contributed by atoms with E-state index in [2.05, 4.69) is 0 Å². The van der Waals surface area contributed by atoms with Gasteiger partial charge < -0.3 is 14.6 Å². The van der Waals surface area contributed by atoms with Gasteiger partial charge in [-0.1, -0.05) is 12.1 Å². The van der Waals surface area contributed by atoms with E-state index in [1.165, 1.54) is 5.56 Å². The van der Waals surface area contributed by atoms with Crippen molar-refractivity contribution >= 4 is 11.9 Å². The maximum Gasteiger partial charge on any atom is 0.335 e. The summed E-state index contributed by atoms with van der Waals surface area (Å²) in [6.07, 6.45) is 3.84. The van der Waals surface area contributed by atoms with Crippen LogP contribution in [0.1, 0.15) is 68.3 Å². The van der Waals surface area contributed by atoms with E-state index in [4.69, 9.17) is 14.6 Å². The highest BCUT2D eigenvalue weighted by molar-refractivity contribution is 5.87. The van der Waals surface area contributed by atoms with Gasteiger partial charge in [0, 0.05) is 0 Å².